The normalized spacial score (nSPS) is 16.3. The second-order valence-corrected chi connectivity index (χ2v) is 2.82. The molecule has 1 N–H and O–H groups in total. The number of aliphatic hydroxyl groups is 1. The summed E-state index contributed by atoms with van der Waals surface area (Å²) in [6.45, 7) is 7.72. The van der Waals surface area contributed by atoms with Crippen molar-refractivity contribution in [2.75, 3.05) is 0 Å². The van der Waals surface area contributed by atoms with Gasteiger partial charge in [0.15, 0.2) is 0 Å². The van der Waals surface area contributed by atoms with Crippen molar-refractivity contribution in [2.45, 2.75) is 45.1 Å². The summed E-state index contributed by atoms with van der Waals surface area (Å²) < 4.78 is 0. The number of hydrogen-bond acceptors (Lipinski definition) is 1. The van der Waals surface area contributed by atoms with E-state index in [1.54, 1.807) is 6.08 Å². The smallest absolute Gasteiger partial charge is 0.0679 e. The van der Waals surface area contributed by atoms with Gasteiger partial charge in [0.1, 0.15) is 0 Å². The Kier molecular flexibility index (Phi) is 4.37. The molecule has 0 fully saturated rings. The predicted molar refractivity (Wildman–Crippen MR) is 45.0 cm³/mol. The maximum atomic E-state index is 9.75. The molecule has 0 saturated heterocycles. The van der Waals surface area contributed by atoms with E-state index in [0.717, 1.165) is 25.7 Å². The Bertz CT molecular complexity index is 98.9. The highest BCUT2D eigenvalue weighted by atomic mass is 16.3. The molecule has 0 rings (SSSR count). The molecule has 60 valence electrons. The molecule has 0 saturated carbocycles. The zero-order chi connectivity index (χ0) is 8.04. The first-order chi connectivity index (χ1) is 4.68. The Labute approximate surface area is 63.8 Å². The van der Waals surface area contributed by atoms with Gasteiger partial charge >= 0.3 is 0 Å². The van der Waals surface area contributed by atoms with Crippen molar-refractivity contribution in [3.63, 3.8) is 0 Å². The average molecular weight is 142 g/mol. The Morgan fingerprint density at radius 3 is 2.40 bits per heavy atom. The topological polar surface area (TPSA) is 20.2 Å². The van der Waals surface area contributed by atoms with E-state index in [1.807, 2.05) is 6.92 Å². The molecule has 0 aliphatic rings. The van der Waals surface area contributed by atoms with E-state index >= 15 is 0 Å². The third kappa shape index (κ3) is 3.02. The van der Waals surface area contributed by atoms with Crippen molar-refractivity contribution in [1.82, 2.24) is 0 Å². The first kappa shape index (κ1) is 9.70. The lowest BCUT2D eigenvalue weighted by Gasteiger charge is -2.24. The fraction of sp³-hybridized carbons (Fsp3) is 0.778. The van der Waals surface area contributed by atoms with Gasteiger partial charge in [0.05, 0.1) is 5.60 Å². The zero-order valence-electron chi connectivity index (χ0n) is 7.06. The molecular formula is C9H18O. The van der Waals surface area contributed by atoms with Gasteiger partial charge in [-0.15, -0.1) is 6.58 Å². The predicted octanol–water partition coefficient (Wildman–Crippen LogP) is 2.50. The van der Waals surface area contributed by atoms with Crippen LogP contribution in [0.15, 0.2) is 12.7 Å². The summed E-state index contributed by atoms with van der Waals surface area (Å²) in [6, 6.07) is 0. The van der Waals surface area contributed by atoms with Gasteiger partial charge in [0.2, 0.25) is 0 Å². The Morgan fingerprint density at radius 1 is 1.50 bits per heavy atom. The van der Waals surface area contributed by atoms with Crippen LogP contribution in [-0.2, 0) is 0 Å². The maximum absolute atomic E-state index is 9.75. The second-order valence-electron chi connectivity index (χ2n) is 2.82. The van der Waals surface area contributed by atoms with Crippen LogP contribution in [0.2, 0.25) is 0 Å². The molecule has 0 bridgehead atoms. The number of hydrogen-bond donors (Lipinski definition) is 1. The van der Waals surface area contributed by atoms with Gasteiger partial charge in [0.25, 0.3) is 0 Å². The number of rotatable bonds is 5. The van der Waals surface area contributed by atoms with Gasteiger partial charge in [-0.1, -0.05) is 26.3 Å². The minimum Gasteiger partial charge on any atom is -0.390 e. The molecule has 1 nitrogen and oxygen atoms in total. The maximum Gasteiger partial charge on any atom is 0.0679 e. The largest absolute Gasteiger partial charge is 0.390 e. The van der Waals surface area contributed by atoms with Crippen LogP contribution in [0.3, 0.4) is 0 Å². The van der Waals surface area contributed by atoms with Crippen LogP contribution < -0.4 is 0 Å². The molecule has 0 heterocycles. The average Bonchev–Trinajstić information content (AvgIpc) is 1.89. The standard InChI is InChI=1S/C9H18O/c1-4-7-9(10,6-3)8-5-2/h4,10H,1,5-8H2,2-3H3. The van der Waals surface area contributed by atoms with E-state index in [2.05, 4.69) is 13.5 Å². The molecule has 0 aromatic rings. The third-order valence-corrected chi connectivity index (χ3v) is 1.90. The van der Waals surface area contributed by atoms with Gasteiger partial charge in [-0.3, -0.25) is 0 Å². The zero-order valence-corrected chi connectivity index (χ0v) is 7.06. The molecule has 0 spiro atoms. The molecule has 0 aliphatic carbocycles. The Hall–Kier alpha value is -0.300. The SMILES string of the molecule is C=CCC(O)(CC)CCC. The quantitative estimate of drug-likeness (QED) is 0.585. The lowest BCUT2D eigenvalue weighted by atomic mass is 9.91. The molecule has 1 heteroatoms. The molecule has 10 heavy (non-hydrogen) atoms. The van der Waals surface area contributed by atoms with E-state index in [0.29, 0.717) is 0 Å². The van der Waals surface area contributed by atoms with Crippen molar-refractivity contribution in [3.05, 3.63) is 12.7 Å². The molecule has 0 amide bonds. The summed E-state index contributed by atoms with van der Waals surface area (Å²) in [6.07, 6.45) is 5.26. The van der Waals surface area contributed by atoms with Gasteiger partial charge < -0.3 is 5.11 Å². The van der Waals surface area contributed by atoms with Crippen LogP contribution in [0.5, 0.6) is 0 Å². The lowest BCUT2D eigenvalue weighted by molar-refractivity contribution is 0.0298. The van der Waals surface area contributed by atoms with Crippen molar-refractivity contribution in [3.8, 4) is 0 Å². The van der Waals surface area contributed by atoms with Crippen LogP contribution >= 0.6 is 0 Å². The first-order valence-electron chi connectivity index (χ1n) is 4.01. The summed E-state index contributed by atoms with van der Waals surface area (Å²) in [5.74, 6) is 0. The van der Waals surface area contributed by atoms with Crippen LogP contribution in [0.4, 0.5) is 0 Å². The minimum atomic E-state index is -0.476. The van der Waals surface area contributed by atoms with Crippen LogP contribution in [-0.4, -0.2) is 10.7 Å². The summed E-state index contributed by atoms with van der Waals surface area (Å²) in [7, 11) is 0. The molecule has 0 aromatic heterocycles. The highest BCUT2D eigenvalue weighted by Gasteiger charge is 2.20. The first-order valence-corrected chi connectivity index (χ1v) is 4.01. The van der Waals surface area contributed by atoms with Crippen LogP contribution in [0.1, 0.15) is 39.5 Å². The van der Waals surface area contributed by atoms with E-state index in [1.165, 1.54) is 0 Å². The van der Waals surface area contributed by atoms with Gasteiger partial charge in [-0.05, 0) is 19.3 Å². The molecule has 1 unspecified atom stereocenters. The molecule has 0 aliphatic heterocycles. The van der Waals surface area contributed by atoms with Crippen molar-refractivity contribution in [1.29, 1.82) is 0 Å². The van der Waals surface area contributed by atoms with Gasteiger partial charge in [-0.2, -0.15) is 0 Å². The van der Waals surface area contributed by atoms with E-state index < -0.39 is 5.60 Å². The van der Waals surface area contributed by atoms with Crippen molar-refractivity contribution in [2.24, 2.45) is 0 Å². The third-order valence-electron chi connectivity index (χ3n) is 1.90. The minimum absolute atomic E-state index is 0.476. The van der Waals surface area contributed by atoms with Crippen LogP contribution in [0, 0.1) is 0 Å². The van der Waals surface area contributed by atoms with E-state index in [-0.39, 0.29) is 0 Å². The monoisotopic (exact) mass is 142 g/mol. The molecule has 0 aromatic carbocycles. The summed E-state index contributed by atoms with van der Waals surface area (Å²) in [5, 5.41) is 9.75. The Balaban J connectivity index is 3.80. The molecule has 1 atom stereocenters. The summed E-state index contributed by atoms with van der Waals surface area (Å²) >= 11 is 0. The second kappa shape index (κ2) is 4.51. The fourth-order valence-electron chi connectivity index (χ4n) is 1.16. The highest BCUT2D eigenvalue weighted by molar-refractivity contribution is 4.84. The summed E-state index contributed by atoms with van der Waals surface area (Å²) in [4.78, 5) is 0. The van der Waals surface area contributed by atoms with Gasteiger partial charge in [-0.25, -0.2) is 0 Å². The van der Waals surface area contributed by atoms with E-state index in [9.17, 15) is 5.11 Å². The molecule has 0 radical (unpaired) electrons. The summed E-state index contributed by atoms with van der Waals surface area (Å²) in [5.41, 5.74) is -0.476. The van der Waals surface area contributed by atoms with Crippen molar-refractivity contribution < 1.29 is 5.11 Å². The fourth-order valence-corrected chi connectivity index (χ4v) is 1.16. The van der Waals surface area contributed by atoms with Crippen LogP contribution in [0.25, 0.3) is 0 Å². The van der Waals surface area contributed by atoms with Gasteiger partial charge in [0, 0.05) is 0 Å². The Morgan fingerprint density at radius 2 is 2.10 bits per heavy atom. The van der Waals surface area contributed by atoms with Crippen molar-refractivity contribution >= 4 is 0 Å². The molecular weight excluding hydrogens is 124 g/mol. The highest BCUT2D eigenvalue weighted by Crippen LogP contribution is 2.21. The van der Waals surface area contributed by atoms with E-state index in [4.69, 9.17) is 0 Å². The lowest BCUT2D eigenvalue weighted by Crippen LogP contribution is -2.26.